The zero-order chi connectivity index (χ0) is 15.6. The van der Waals surface area contributed by atoms with Gasteiger partial charge in [0.05, 0.1) is 6.54 Å². The standard InChI is InChI=1S/C16H19BrN2O2/c1-4-5-12-6-8-13(9-7-12)16(3)14(20)19(10-11(2)17)15(21)18-16/h6-9H,2,4-5,10H2,1,3H3,(H,18,21). The minimum absolute atomic E-state index is 0.175. The Morgan fingerprint density at radius 1 is 1.33 bits per heavy atom. The van der Waals surface area contributed by atoms with Gasteiger partial charge in [-0.05, 0) is 24.5 Å². The third-order valence-corrected chi connectivity index (χ3v) is 3.93. The molecule has 0 bridgehead atoms. The van der Waals surface area contributed by atoms with Crippen molar-refractivity contribution in [3.63, 3.8) is 0 Å². The normalized spacial score (nSPS) is 21.6. The van der Waals surface area contributed by atoms with Crippen LogP contribution in [-0.2, 0) is 16.8 Å². The Morgan fingerprint density at radius 3 is 2.48 bits per heavy atom. The van der Waals surface area contributed by atoms with E-state index in [4.69, 9.17) is 0 Å². The largest absolute Gasteiger partial charge is 0.325 e. The van der Waals surface area contributed by atoms with Crippen LogP contribution in [0.1, 0.15) is 31.4 Å². The summed E-state index contributed by atoms with van der Waals surface area (Å²) in [6.45, 7) is 7.72. The van der Waals surface area contributed by atoms with Crippen LogP contribution in [0.25, 0.3) is 0 Å². The number of benzene rings is 1. The van der Waals surface area contributed by atoms with Gasteiger partial charge in [0.25, 0.3) is 5.91 Å². The Hall–Kier alpha value is -1.62. The summed E-state index contributed by atoms with van der Waals surface area (Å²) < 4.78 is 0.591. The first kappa shape index (κ1) is 15.8. The van der Waals surface area contributed by atoms with Crippen LogP contribution in [0.2, 0.25) is 0 Å². The van der Waals surface area contributed by atoms with Crippen LogP contribution >= 0.6 is 15.9 Å². The number of carbonyl (C=O) groups is 2. The molecule has 4 nitrogen and oxygen atoms in total. The first-order chi connectivity index (χ1) is 9.88. The molecule has 1 fully saturated rings. The van der Waals surface area contributed by atoms with Gasteiger partial charge in [0, 0.05) is 4.48 Å². The molecule has 21 heavy (non-hydrogen) atoms. The maximum absolute atomic E-state index is 12.6. The van der Waals surface area contributed by atoms with Crippen molar-refractivity contribution >= 4 is 27.9 Å². The molecule has 2 rings (SSSR count). The summed E-state index contributed by atoms with van der Waals surface area (Å²) >= 11 is 3.19. The van der Waals surface area contributed by atoms with E-state index in [1.807, 2.05) is 24.3 Å². The van der Waals surface area contributed by atoms with E-state index in [0.29, 0.717) is 4.48 Å². The predicted molar refractivity (Wildman–Crippen MR) is 86.1 cm³/mol. The molecule has 112 valence electrons. The highest BCUT2D eigenvalue weighted by Crippen LogP contribution is 2.29. The summed E-state index contributed by atoms with van der Waals surface area (Å²) in [7, 11) is 0. The van der Waals surface area contributed by atoms with Gasteiger partial charge in [0.15, 0.2) is 0 Å². The van der Waals surface area contributed by atoms with Crippen LogP contribution in [0.5, 0.6) is 0 Å². The van der Waals surface area contributed by atoms with Gasteiger partial charge in [-0.2, -0.15) is 0 Å². The number of nitrogens with zero attached hydrogens (tertiary/aromatic N) is 1. The van der Waals surface area contributed by atoms with E-state index in [9.17, 15) is 9.59 Å². The first-order valence-electron chi connectivity index (χ1n) is 6.95. The molecule has 0 spiro atoms. The lowest BCUT2D eigenvalue weighted by Gasteiger charge is -2.22. The summed E-state index contributed by atoms with van der Waals surface area (Å²) in [5.41, 5.74) is 1.01. The molecule has 1 heterocycles. The fraction of sp³-hybridized carbons (Fsp3) is 0.375. The van der Waals surface area contributed by atoms with Crippen LogP contribution in [0.4, 0.5) is 4.79 Å². The van der Waals surface area contributed by atoms with E-state index < -0.39 is 5.54 Å². The van der Waals surface area contributed by atoms with Crippen molar-refractivity contribution in [2.45, 2.75) is 32.2 Å². The van der Waals surface area contributed by atoms with Crippen LogP contribution in [-0.4, -0.2) is 23.4 Å². The molecule has 1 aliphatic heterocycles. The lowest BCUT2D eigenvalue weighted by atomic mass is 9.91. The van der Waals surface area contributed by atoms with Crippen molar-refractivity contribution in [1.29, 1.82) is 0 Å². The van der Waals surface area contributed by atoms with E-state index in [1.54, 1.807) is 6.92 Å². The fourth-order valence-electron chi connectivity index (χ4n) is 2.50. The maximum atomic E-state index is 12.6. The van der Waals surface area contributed by atoms with Gasteiger partial charge in [-0.25, -0.2) is 4.79 Å². The second-order valence-corrected chi connectivity index (χ2v) is 6.53. The number of hydrogen-bond acceptors (Lipinski definition) is 2. The SMILES string of the molecule is C=C(Br)CN1C(=O)NC(C)(c2ccc(CCC)cc2)C1=O. The Kier molecular flexibility index (Phi) is 4.52. The second kappa shape index (κ2) is 6.02. The molecule has 1 atom stereocenters. The highest BCUT2D eigenvalue weighted by Gasteiger charge is 2.48. The van der Waals surface area contributed by atoms with Crippen molar-refractivity contribution in [2.24, 2.45) is 0 Å². The van der Waals surface area contributed by atoms with E-state index in [0.717, 1.165) is 18.4 Å². The number of carbonyl (C=O) groups excluding carboxylic acids is 2. The number of imide groups is 1. The molecule has 1 aromatic rings. The van der Waals surface area contributed by atoms with Crippen LogP contribution < -0.4 is 5.32 Å². The Balaban J connectivity index is 2.27. The molecule has 0 aromatic heterocycles. The van der Waals surface area contributed by atoms with Crippen molar-refractivity contribution in [3.05, 3.63) is 46.5 Å². The summed E-state index contributed by atoms with van der Waals surface area (Å²) in [5.74, 6) is -0.253. The molecular weight excluding hydrogens is 332 g/mol. The molecule has 1 N–H and O–H groups in total. The first-order valence-corrected chi connectivity index (χ1v) is 7.74. The predicted octanol–water partition coefficient (Wildman–Crippen LogP) is 3.31. The summed E-state index contributed by atoms with van der Waals surface area (Å²) in [6, 6.07) is 7.46. The van der Waals surface area contributed by atoms with E-state index in [-0.39, 0.29) is 18.5 Å². The van der Waals surface area contributed by atoms with Crippen molar-refractivity contribution in [1.82, 2.24) is 10.2 Å². The number of urea groups is 1. The zero-order valence-corrected chi connectivity index (χ0v) is 13.9. The number of nitrogens with one attached hydrogen (secondary N) is 1. The van der Waals surface area contributed by atoms with E-state index >= 15 is 0 Å². The molecule has 0 aliphatic carbocycles. The smallest absolute Gasteiger partial charge is 0.319 e. The Morgan fingerprint density at radius 2 is 1.95 bits per heavy atom. The lowest BCUT2D eigenvalue weighted by molar-refractivity contribution is -0.130. The maximum Gasteiger partial charge on any atom is 0.325 e. The molecule has 1 aromatic carbocycles. The van der Waals surface area contributed by atoms with E-state index in [2.05, 4.69) is 34.7 Å². The van der Waals surface area contributed by atoms with Crippen molar-refractivity contribution in [3.8, 4) is 0 Å². The topological polar surface area (TPSA) is 49.4 Å². The van der Waals surface area contributed by atoms with Gasteiger partial charge in [-0.1, -0.05) is 60.1 Å². The minimum Gasteiger partial charge on any atom is -0.319 e. The molecule has 1 aliphatic rings. The highest BCUT2D eigenvalue weighted by atomic mass is 79.9. The van der Waals surface area contributed by atoms with Gasteiger partial charge in [-0.15, -0.1) is 0 Å². The number of hydrogen-bond donors (Lipinski definition) is 1. The molecule has 5 heteroatoms. The van der Waals surface area contributed by atoms with Gasteiger partial charge in [0.2, 0.25) is 0 Å². The number of amides is 3. The van der Waals surface area contributed by atoms with Crippen LogP contribution in [0.3, 0.4) is 0 Å². The van der Waals surface area contributed by atoms with Gasteiger partial charge < -0.3 is 5.32 Å². The molecule has 0 saturated carbocycles. The Bertz CT molecular complexity index is 582. The zero-order valence-electron chi connectivity index (χ0n) is 12.3. The van der Waals surface area contributed by atoms with Gasteiger partial charge >= 0.3 is 6.03 Å². The highest BCUT2D eigenvalue weighted by molar-refractivity contribution is 9.11. The third-order valence-electron chi connectivity index (χ3n) is 3.67. The molecule has 1 unspecified atom stereocenters. The van der Waals surface area contributed by atoms with Gasteiger partial charge in [-0.3, -0.25) is 9.69 Å². The molecule has 0 radical (unpaired) electrons. The monoisotopic (exact) mass is 350 g/mol. The number of halogens is 1. The number of aryl methyl sites for hydroxylation is 1. The second-order valence-electron chi connectivity index (χ2n) is 5.41. The lowest BCUT2D eigenvalue weighted by Crippen LogP contribution is -2.41. The summed E-state index contributed by atoms with van der Waals surface area (Å²) in [4.78, 5) is 25.8. The summed E-state index contributed by atoms with van der Waals surface area (Å²) in [5, 5.41) is 2.78. The minimum atomic E-state index is -1.01. The van der Waals surface area contributed by atoms with Crippen LogP contribution in [0.15, 0.2) is 35.3 Å². The van der Waals surface area contributed by atoms with Gasteiger partial charge in [0.1, 0.15) is 5.54 Å². The average Bonchev–Trinajstić information content (AvgIpc) is 2.64. The summed E-state index contributed by atoms with van der Waals surface area (Å²) in [6.07, 6.45) is 2.08. The Labute approximate surface area is 133 Å². The van der Waals surface area contributed by atoms with Crippen molar-refractivity contribution in [2.75, 3.05) is 6.54 Å². The van der Waals surface area contributed by atoms with Crippen LogP contribution in [0, 0.1) is 0 Å². The average molecular weight is 351 g/mol. The molecule has 3 amide bonds. The van der Waals surface area contributed by atoms with Crippen molar-refractivity contribution < 1.29 is 9.59 Å². The quantitative estimate of drug-likeness (QED) is 0.828. The third kappa shape index (κ3) is 3.02. The molecular formula is C16H19BrN2O2. The number of rotatable bonds is 5. The van der Waals surface area contributed by atoms with E-state index in [1.165, 1.54) is 10.5 Å². The fourth-order valence-corrected chi connectivity index (χ4v) is 2.75. The molecule has 1 saturated heterocycles.